The molecule has 0 saturated heterocycles. The first-order valence-corrected chi connectivity index (χ1v) is 5.52. The summed E-state index contributed by atoms with van der Waals surface area (Å²) in [5, 5.41) is 0. The van der Waals surface area contributed by atoms with E-state index in [1.165, 1.54) is 0 Å². The molecule has 0 spiro atoms. The molecule has 3 nitrogen and oxygen atoms in total. The van der Waals surface area contributed by atoms with Crippen molar-refractivity contribution in [2.24, 2.45) is 9.98 Å². The molecular formula is C11H12IN3. The van der Waals surface area contributed by atoms with Gasteiger partial charge in [-0.1, -0.05) is 24.8 Å². The van der Waals surface area contributed by atoms with E-state index in [9.17, 15) is 0 Å². The van der Waals surface area contributed by atoms with Crippen LogP contribution >= 0.6 is 22.6 Å². The maximum atomic E-state index is 4.33. The highest BCUT2D eigenvalue weighted by atomic mass is 127. The van der Waals surface area contributed by atoms with Crippen molar-refractivity contribution in [3.63, 3.8) is 0 Å². The van der Waals surface area contributed by atoms with Crippen LogP contribution in [0, 0.1) is 0 Å². The van der Waals surface area contributed by atoms with Crippen LogP contribution in [0.2, 0.25) is 0 Å². The van der Waals surface area contributed by atoms with E-state index in [0.29, 0.717) is 0 Å². The van der Waals surface area contributed by atoms with Gasteiger partial charge in [0, 0.05) is 13.6 Å². The second-order valence-corrected chi connectivity index (χ2v) is 3.76. The van der Waals surface area contributed by atoms with Gasteiger partial charge in [-0.3, -0.25) is 0 Å². The Morgan fingerprint density at radius 1 is 1.67 bits per heavy atom. The van der Waals surface area contributed by atoms with Gasteiger partial charge in [-0.2, -0.15) is 0 Å². The number of rotatable bonds is 1. The first-order valence-electron chi connectivity index (χ1n) is 4.44. The van der Waals surface area contributed by atoms with Crippen molar-refractivity contribution in [2.45, 2.75) is 0 Å². The Bertz CT molecular complexity index is 385. The standard InChI is InChI=1S/C11H12IN3/c1-10-6-4-3-5-8-15(9-7-13-2)11(12)14-10/h3-6,9H,1,8H2,2H3/b5-3-,6-4-,14-11-. The van der Waals surface area contributed by atoms with Crippen LogP contribution in [0.25, 0.3) is 0 Å². The molecule has 0 aromatic rings. The molecule has 78 valence electrons. The molecule has 0 N–H and O–H groups in total. The monoisotopic (exact) mass is 313 g/mol. The van der Waals surface area contributed by atoms with Gasteiger partial charge >= 0.3 is 0 Å². The van der Waals surface area contributed by atoms with Crippen LogP contribution in [0.4, 0.5) is 0 Å². The molecule has 0 bridgehead atoms. The van der Waals surface area contributed by atoms with Crippen molar-refractivity contribution in [2.75, 3.05) is 13.6 Å². The Hall–Kier alpha value is -1.13. The first-order chi connectivity index (χ1) is 7.24. The first kappa shape index (κ1) is 11.9. The van der Waals surface area contributed by atoms with Crippen LogP contribution in [-0.2, 0) is 0 Å². The predicted octanol–water partition coefficient (Wildman–Crippen LogP) is 2.53. The lowest BCUT2D eigenvalue weighted by Crippen LogP contribution is -2.21. The van der Waals surface area contributed by atoms with Crippen LogP contribution in [0.3, 0.4) is 0 Å². The molecule has 0 aliphatic carbocycles. The maximum absolute atomic E-state index is 4.33. The van der Waals surface area contributed by atoms with E-state index in [2.05, 4.69) is 45.0 Å². The smallest absolute Gasteiger partial charge is 0.172 e. The van der Waals surface area contributed by atoms with Crippen molar-refractivity contribution in [1.29, 1.82) is 0 Å². The normalized spacial score (nSPS) is 23.7. The lowest BCUT2D eigenvalue weighted by Gasteiger charge is -2.14. The number of aliphatic imine (C=N–C) groups is 2. The third kappa shape index (κ3) is 4.27. The fourth-order valence-corrected chi connectivity index (χ4v) is 1.59. The van der Waals surface area contributed by atoms with Gasteiger partial charge in [-0.25, -0.2) is 9.98 Å². The van der Waals surface area contributed by atoms with Crippen LogP contribution < -0.4 is 0 Å². The Kier molecular flexibility index (Phi) is 5.07. The molecule has 0 aromatic carbocycles. The molecule has 15 heavy (non-hydrogen) atoms. The number of nitrogens with zero attached hydrogens (tertiary/aromatic N) is 3. The molecule has 0 unspecified atom stereocenters. The molecule has 0 saturated carbocycles. The highest BCUT2D eigenvalue weighted by Gasteiger charge is 2.03. The number of allylic oxidation sites excluding steroid dienone is 3. The van der Waals surface area contributed by atoms with Gasteiger partial charge in [0.15, 0.2) is 3.84 Å². The van der Waals surface area contributed by atoms with Gasteiger partial charge in [0.25, 0.3) is 0 Å². The molecule has 0 fully saturated rings. The average molecular weight is 313 g/mol. The fraction of sp³-hybridized carbons (Fsp3) is 0.182. The van der Waals surface area contributed by atoms with Crippen LogP contribution in [0.5, 0.6) is 0 Å². The van der Waals surface area contributed by atoms with Crippen molar-refractivity contribution in [1.82, 2.24) is 4.90 Å². The Labute approximate surface area is 103 Å². The third-order valence-corrected chi connectivity index (χ3v) is 2.51. The average Bonchev–Trinajstić information content (AvgIpc) is 2.27. The molecule has 0 amide bonds. The summed E-state index contributed by atoms with van der Waals surface area (Å²) in [7, 11) is 1.69. The van der Waals surface area contributed by atoms with Crippen LogP contribution in [0.15, 0.2) is 52.8 Å². The molecule has 0 aromatic heterocycles. The Morgan fingerprint density at radius 3 is 3.20 bits per heavy atom. The number of hydrogen-bond acceptors (Lipinski definition) is 3. The molecular weight excluding hydrogens is 301 g/mol. The van der Waals surface area contributed by atoms with Crippen molar-refractivity contribution in [3.8, 4) is 0 Å². The minimum absolute atomic E-state index is 0.734. The third-order valence-electron chi connectivity index (χ3n) is 1.65. The number of halogens is 1. The second kappa shape index (κ2) is 6.37. The van der Waals surface area contributed by atoms with Crippen molar-refractivity contribution >= 4 is 32.3 Å². The Balaban J connectivity index is 2.96. The van der Waals surface area contributed by atoms with Crippen LogP contribution in [0.1, 0.15) is 0 Å². The molecule has 0 radical (unpaired) electrons. The van der Waals surface area contributed by atoms with Gasteiger partial charge in [0.1, 0.15) is 0 Å². The van der Waals surface area contributed by atoms with E-state index >= 15 is 0 Å². The summed E-state index contributed by atoms with van der Waals surface area (Å²) in [4.78, 5) is 10.1. The lowest BCUT2D eigenvalue weighted by atomic mass is 10.4. The summed E-state index contributed by atoms with van der Waals surface area (Å²) in [5.41, 5.74) is 0.734. The van der Waals surface area contributed by atoms with E-state index < -0.39 is 0 Å². The summed E-state index contributed by atoms with van der Waals surface area (Å²) < 4.78 is 0.852. The van der Waals surface area contributed by atoms with Gasteiger partial charge in [-0.15, -0.1) is 0 Å². The van der Waals surface area contributed by atoms with Gasteiger partial charge < -0.3 is 4.90 Å². The van der Waals surface area contributed by atoms with Crippen molar-refractivity contribution < 1.29 is 0 Å². The zero-order chi connectivity index (χ0) is 11.1. The van der Waals surface area contributed by atoms with Gasteiger partial charge in [0.2, 0.25) is 0 Å². The largest absolute Gasteiger partial charge is 0.316 e. The zero-order valence-electron chi connectivity index (χ0n) is 8.52. The predicted molar refractivity (Wildman–Crippen MR) is 73.5 cm³/mol. The van der Waals surface area contributed by atoms with E-state index in [4.69, 9.17) is 0 Å². The summed E-state index contributed by atoms with van der Waals surface area (Å²) >= 11 is 2.17. The summed E-state index contributed by atoms with van der Waals surface area (Å²) in [6, 6.07) is 0. The molecule has 4 heteroatoms. The highest BCUT2D eigenvalue weighted by molar-refractivity contribution is 14.1. The van der Waals surface area contributed by atoms with E-state index in [-0.39, 0.29) is 0 Å². The number of hydrogen-bond donors (Lipinski definition) is 0. The molecule has 1 heterocycles. The minimum atomic E-state index is 0.734. The highest BCUT2D eigenvalue weighted by Crippen LogP contribution is 2.08. The summed E-state index contributed by atoms with van der Waals surface area (Å²) in [6.45, 7) is 4.58. The molecule has 0 atom stereocenters. The van der Waals surface area contributed by atoms with Crippen molar-refractivity contribution in [3.05, 3.63) is 42.8 Å². The Morgan fingerprint density at radius 2 is 2.47 bits per heavy atom. The fourth-order valence-electron chi connectivity index (χ4n) is 0.948. The van der Waals surface area contributed by atoms with E-state index in [1.807, 2.05) is 29.2 Å². The molecule has 1 aliphatic heterocycles. The van der Waals surface area contributed by atoms with E-state index in [1.54, 1.807) is 13.2 Å². The molecule has 1 rings (SSSR count). The van der Waals surface area contributed by atoms with Gasteiger partial charge in [-0.05, 0) is 34.5 Å². The van der Waals surface area contributed by atoms with E-state index in [0.717, 1.165) is 16.1 Å². The lowest BCUT2D eigenvalue weighted by molar-refractivity contribution is 0.644. The maximum Gasteiger partial charge on any atom is 0.172 e. The van der Waals surface area contributed by atoms with Crippen LogP contribution in [-0.4, -0.2) is 28.2 Å². The SMILES string of the molecule is C=C1/C=C\C=C/CN(C=C=NC)/C(I)=N\1. The quantitative estimate of drug-likeness (QED) is 0.415. The molecule has 1 aliphatic rings. The summed E-state index contributed by atoms with van der Waals surface area (Å²) in [5.74, 6) is 2.79. The summed E-state index contributed by atoms with van der Waals surface area (Å²) in [6.07, 6.45) is 9.58. The minimum Gasteiger partial charge on any atom is -0.316 e. The number of amidine groups is 1. The second-order valence-electron chi connectivity index (χ2n) is 2.79. The van der Waals surface area contributed by atoms with Gasteiger partial charge in [0.05, 0.1) is 11.9 Å². The zero-order valence-corrected chi connectivity index (χ0v) is 10.7. The topological polar surface area (TPSA) is 28.0 Å².